The van der Waals surface area contributed by atoms with E-state index in [9.17, 15) is 10.1 Å². The third kappa shape index (κ3) is 2.64. The lowest BCUT2D eigenvalue weighted by Gasteiger charge is -2.21. The number of rotatable bonds is 5. The van der Waals surface area contributed by atoms with E-state index < -0.39 is 4.92 Å². The number of nitrogens with zero attached hydrogens (tertiary/aromatic N) is 2. The Balaban J connectivity index is 3.12. The van der Waals surface area contributed by atoms with Crippen LogP contribution in [-0.4, -0.2) is 18.0 Å². The van der Waals surface area contributed by atoms with E-state index in [0.29, 0.717) is 5.56 Å². The molecule has 0 spiro atoms. The van der Waals surface area contributed by atoms with E-state index in [-0.39, 0.29) is 11.6 Å². The van der Waals surface area contributed by atoms with Crippen LogP contribution < -0.4 is 4.90 Å². The zero-order chi connectivity index (χ0) is 12.1. The van der Waals surface area contributed by atoms with E-state index in [1.165, 1.54) is 6.07 Å². The van der Waals surface area contributed by atoms with Crippen LogP contribution in [-0.2, 0) is 5.88 Å². The molecule has 0 heterocycles. The van der Waals surface area contributed by atoms with Crippen LogP contribution in [0.15, 0.2) is 18.2 Å². The molecule has 0 radical (unpaired) electrons. The van der Waals surface area contributed by atoms with E-state index in [0.717, 1.165) is 18.8 Å². The second-order valence-corrected chi connectivity index (χ2v) is 3.64. The third-order valence-corrected chi connectivity index (χ3v) is 2.82. The van der Waals surface area contributed by atoms with Gasteiger partial charge in [-0.25, -0.2) is 0 Å². The molecule has 5 heteroatoms. The smallest absolute Gasteiger partial charge is 0.273 e. The standard InChI is InChI=1S/C11H15ClN2O2/c1-3-13(4-2)10-5-6-11(14(15)16)9(7-10)8-12/h5-7H,3-4,8H2,1-2H3. The lowest BCUT2D eigenvalue weighted by Crippen LogP contribution is -2.21. The Morgan fingerprint density at radius 3 is 2.44 bits per heavy atom. The van der Waals surface area contributed by atoms with Crippen molar-refractivity contribution >= 4 is 23.0 Å². The van der Waals surface area contributed by atoms with Gasteiger partial charge >= 0.3 is 0 Å². The van der Waals surface area contributed by atoms with Gasteiger partial charge in [0, 0.05) is 30.4 Å². The zero-order valence-electron chi connectivity index (χ0n) is 9.44. The summed E-state index contributed by atoms with van der Waals surface area (Å²) in [6, 6.07) is 5.07. The quantitative estimate of drug-likeness (QED) is 0.453. The first-order chi connectivity index (χ1) is 7.63. The fraction of sp³-hybridized carbons (Fsp3) is 0.455. The minimum Gasteiger partial charge on any atom is -0.372 e. The zero-order valence-corrected chi connectivity index (χ0v) is 10.2. The van der Waals surface area contributed by atoms with Crippen LogP contribution in [0.1, 0.15) is 19.4 Å². The van der Waals surface area contributed by atoms with Crippen molar-refractivity contribution in [3.8, 4) is 0 Å². The first-order valence-electron chi connectivity index (χ1n) is 5.22. The van der Waals surface area contributed by atoms with Crippen molar-refractivity contribution in [3.63, 3.8) is 0 Å². The lowest BCUT2D eigenvalue weighted by atomic mass is 10.1. The SMILES string of the molecule is CCN(CC)c1ccc([N+](=O)[O-])c(CCl)c1. The van der Waals surface area contributed by atoms with Crippen molar-refractivity contribution < 1.29 is 4.92 Å². The minimum atomic E-state index is -0.399. The number of benzene rings is 1. The highest BCUT2D eigenvalue weighted by Gasteiger charge is 2.14. The number of hydrogen-bond donors (Lipinski definition) is 0. The molecule has 0 aliphatic carbocycles. The maximum atomic E-state index is 10.7. The van der Waals surface area contributed by atoms with Crippen molar-refractivity contribution in [1.29, 1.82) is 0 Å². The molecule has 1 aromatic carbocycles. The van der Waals surface area contributed by atoms with Crippen LogP contribution >= 0.6 is 11.6 Å². The largest absolute Gasteiger partial charge is 0.372 e. The topological polar surface area (TPSA) is 46.4 Å². The molecular formula is C11H15ClN2O2. The van der Waals surface area contributed by atoms with Gasteiger partial charge in [0.1, 0.15) is 0 Å². The summed E-state index contributed by atoms with van der Waals surface area (Å²) in [5.74, 6) is 0.158. The number of nitro benzene ring substituents is 1. The molecule has 4 nitrogen and oxygen atoms in total. The summed E-state index contributed by atoms with van der Waals surface area (Å²) in [5.41, 5.74) is 1.63. The predicted octanol–water partition coefficient (Wildman–Crippen LogP) is 3.18. The number of anilines is 1. The maximum Gasteiger partial charge on any atom is 0.273 e. The van der Waals surface area contributed by atoms with E-state index in [2.05, 4.69) is 4.90 Å². The van der Waals surface area contributed by atoms with Crippen LogP contribution in [0.5, 0.6) is 0 Å². The van der Waals surface area contributed by atoms with Gasteiger partial charge in [-0.2, -0.15) is 0 Å². The maximum absolute atomic E-state index is 10.7. The van der Waals surface area contributed by atoms with Gasteiger partial charge in [0.05, 0.1) is 10.8 Å². The molecular weight excluding hydrogens is 228 g/mol. The highest BCUT2D eigenvalue weighted by atomic mass is 35.5. The molecule has 0 saturated heterocycles. The number of hydrogen-bond acceptors (Lipinski definition) is 3. The van der Waals surface area contributed by atoms with Crippen LogP contribution in [0.3, 0.4) is 0 Å². The van der Waals surface area contributed by atoms with Crippen molar-refractivity contribution in [2.24, 2.45) is 0 Å². The van der Waals surface area contributed by atoms with Gasteiger partial charge in [-0.15, -0.1) is 11.6 Å². The molecule has 16 heavy (non-hydrogen) atoms. The highest BCUT2D eigenvalue weighted by molar-refractivity contribution is 6.17. The summed E-state index contributed by atoms with van der Waals surface area (Å²) in [6.07, 6.45) is 0. The number of alkyl halides is 1. The lowest BCUT2D eigenvalue weighted by molar-refractivity contribution is -0.385. The molecule has 88 valence electrons. The Labute approximate surface area is 100.0 Å². The normalized spacial score (nSPS) is 10.2. The molecule has 1 aromatic rings. The summed E-state index contributed by atoms with van der Waals surface area (Å²) in [5, 5.41) is 10.7. The fourth-order valence-corrected chi connectivity index (χ4v) is 1.86. The Bertz CT molecular complexity index is 378. The Kier molecular flexibility index (Phi) is 4.55. The van der Waals surface area contributed by atoms with Crippen LogP contribution in [0.4, 0.5) is 11.4 Å². The summed E-state index contributed by atoms with van der Waals surface area (Å²) < 4.78 is 0. The predicted molar refractivity (Wildman–Crippen MR) is 66.2 cm³/mol. The molecule has 0 fully saturated rings. The molecule has 0 saturated carbocycles. The van der Waals surface area contributed by atoms with E-state index in [1.54, 1.807) is 12.1 Å². The summed E-state index contributed by atoms with van der Waals surface area (Å²) >= 11 is 5.72. The molecule has 0 N–H and O–H groups in total. The molecule has 0 amide bonds. The van der Waals surface area contributed by atoms with Crippen LogP contribution in [0.25, 0.3) is 0 Å². The van der Waals surface area contributed by atoms with Crippen molar-refractivity contribution in [3.05, 3.63) is 33.9 Å². The van der Waals surface area contributed by atoms with Gasteiger partial charge in [0.25, 0.3) is 5.69 Å². The van der Waals surface area contributed by atoms with E-state index in [1.807, 2.05) is 13.8 Å². The van der Waals surface area contributed by atoms with Crippen molar-refractivity contribution in [1.82, 2.24) is 0 Å². The van der Waals surface area contributed by atoms with E-state index in [4.69, 9.17) is 11.6 Å². The summed E-state index contributed by atoms with van der Waals surface area (Å²) in [6.45, 7) is 5.84. The molecule has 0 aliphatic rings. The second kappa shape index (κ2) is 5.70. The van der Waals surface area contributed by atoms with Gasteiger partial charge in [-0.1, -0.05) is 0 Å². The van der Waals surface area contributed by atoms with E-state index >= 15 is 0 Å². The van der Waals surface area contributed by atoms with Crippen LogP contribution in [0, 0.1) is 10.1 Å². The molecule has 0 unspecified atom stereocenters. The third-order valence-electron chi connectivity index (χ3n) is 2.53. The number of nitro groups is 1. The Morgan fingerprint density at radius 1 is 1.38 bits per heavy atom. The first kappa shape index (κ1) is 12.8. The highest BCUT2D eigenvalue weighted by Crippen LogP contribution is 2.26. The van der Waals surface area contributed by atoms with Gasteiger partial charge < -0.3 is 4.90 Å². The molecule has 0 atom stereocenters. The monoisotopic (exact) mass is 242 g/mol. The van der Waals surface area contributed by atoms with Gasteiger partial charge in [0.2, 0.25) is 0 Å². The first-order valence-corrected chi connectivity index (χ1v) is 5.75. The minimum absolute atomic E-state index is 0.0888. The molecule has 0 aromatic heterocycles. The summed E-state index contributed by atoms with van der Waals surface area (Å²) in [7, 11) is 0. The average Bonchev–Trinajstić information content (AvgIpc) is 2.30. The summed E-state index contributed by atoms with van der Waals surface area (Å²) in [4.78, 5) is 12.5. The van der Waals surface area contributed by atoms with Crippen molar-refractivity contribution in [2.75, 3.05) is 18.0 Å². The van der Waals surface area contributed by atoms with Crippen LogP contribution in [0.2, 0.25) is 0 Å². The Hall–Kier alpha value is -1.29. The van der Waals surface area contributed by atoms with Gasteiger partial charge in [0.15, 0.2) is 0 Å². The Morgan fingerprint density at radius 2 is 2.00 bits per heavy atom. The average molecular weight is 243 g/mol. The molecule has 0 aliphatic heterocycles. The second-order valence-electron chi connectivity index (χ2n) is 3.38. The van der Waals surface area contributed by atoms with Gasteiger partial charge in [-0.3, -0.25) is 10.1 Å². The number of halogens is 1. The fourth-order valence-electron chi connectivity index (χ4n) is 1.64. The van der Waals surface area contributed by atoms with Gasteiger partial charge in [-0.05, 0) is 26.0 Å². The molecule has 0 bridgehead atoms. The van der Waals surface area contributed by atoms with Crippen molar-refractivity contribution in [2.45, 2.75) is 19.7 Å². The molecule has 1 rings (SSSR count).